The van der Waals surface area contributed by atoms with Gasteiger partial charge in [0.25, 0.3) is 0 Å². The molecule has 0 aromatic heterocycles. The van der Waals surface area contributed by atoms with Crippen molar-refractivity contribution in [2.75, 3.05) is 0 Å². The molecule has 20 heavy (non-hydrogen) atoms. The smallest absolute Gasteiger partial charge is 0.338 e. The summed E-state index contributed by atoms with van der Waals surface area (Å²) in [6, 6.07) is 0.449. The molecule has 0 unspecified atom stereocenters. The van der Waals surface area contributed by atoms with E-state index in [1.165, 1.54) is 0 Å². The van der Waals surface area contributed by atoms with Gasteiger partial charge in [-0.15, -0.1) is 44.3 Å². The summed E-state index contributed by atoms with van der Waals surface area (Å²) in [6.45, 7) is 17.5. The van der Waals surface area contributed by atoms with E-state index in [0.29, 0.717) is 0 Å². The van der Waals surface area contributed by atoms with Crippen molar-refractivity contribution in [3.8, 4) is 0 Å². The molecule has 0 fully saturated rings. The van der Waals surface area contributed by atoms with Crippen LogP contribution in [-0.4, -0.2) is 45.5 Å². The first kappa shape index (κ1) is 21.9. The Morgan fingerprint density at radius 2 is 1.25 bits per heavy atom. The molecule has 0 aliphatic heterocycles. The SMILES string of the molecule is CC(C)N(C(C)C)[Si](Cl)(Cl)[Si](Cl)(Cl)N[Si](C)[Si](C)(C)C. The van der Waals surface area contributed by atoms with Gasteiger partial charge in [-0.2, -0.15) is 0 Å². The third-order valence-corrected chi connectivity index (χ3v) is 39.1. The third kappa shape index (κ3) is 5.54. The molecule has 0 saturated heterocycles. The van der Waals surface area contributed by atoms with Gasteiger partial charge in [-0.3, -0.25) is 4.57 Å². The molecular weight excluding hydrogens is 402 g/mol. The molecule has 0 amide bonds. The first-order valence-corrected chi connectivity index (χ1v) is 22.3. The van der Waals surface area contributed by atoms with Crippen LogP contribution in [0.5, 0.6) is 0 Å². The number of nitrogens with zero attached hydrogens (tertiary/aromatic N) is 1. The Balaban J connectivity index is 5.33. The van der Waals surface area contributed by atoms with Crippen molar-refractivity contribution >= 4 is 73.1 Å². The Morgan fingerprint density at radius 3 is 1.50 bits per heavy atom. The quantitative estimate of drug-likeness (QED) is 0.468. The molecule has 0 bridgehead atoms. The zero-order chi connectivity index (χ0) is 16.5. The highest BCUT2D eigenvalue weighted by molar-refractivity contribution is 7.92. The van der Waals surface area contributed by atoms with Crippen LogP contribution in [0, 0.1) is 0 Å². The molecule has 0 aliphatic carbocycles. The van der Waals surface area contributed by atoms with Crippen LogP contribution in [0.15, 0.2) is 0 Å². The molecule has 0 spiro atoms. The Bertz CT molecular complexity index is 313. The van der Waals surface area contributed by atoms with Gasteiger partial charge in [-0.1, -0.05) is 53.9 Å². The van der Waals surface area contributed by atoms with E-state index < -0.39 is 28.8 Å². The van der Waals surface area contributed by atoms with Crippen LogP contribution in [0.1, 0.15) is 27.7 Å². The molecule has 121 valence electrons. The van der Waals surface area contributed by atoms with Crippen molar-refractivity contribution in [2.45, 2.75) is 66.0 Å². The maximum atomic E-state index is 6.78. The van der Waals surface area contributed by atoms with Crippen molar-refractivity contribution in [3.63, 3.8) is 0 Å². The molecular formula is C10H27Cl4N2Si4. The minimum atomic E-state index is -2.94. The molecule has 0 atom stereocenters. The Labute approximate surface area is 147 Å². The highest BCUT2D eigenvalue weighted by Crippen LogP contribution is 2.37. The van der Waals surface area contributed by atoms with Crippen LogP contribution in [0.25, 0.3) is 0 Å². The minimum Gasteiger partial charge on any atom is -0.338 e. The summed E-state index contributed by atoms with van der Waals surface area (Å²) in [5, 5.41) is 0. The van der Waals surface area contributed by atoms with Gasteiger partial charge < -0.3 is 4.65 Å². The van der Waals surface area contributed by atoms with Crippen LogP contribution >= 0.6 is 44.3 Å². The fourth-order valence-electron chi connectivity index (χ4n) is 1.91. The lowest BCUT2D eigenvalue weighted by Crippen LogP contribution is -2.74. The number of rotatable bonds is 7. The van der Waals surface area contributed by atoms with E-state index >= 15 is 0 Å². The minimum absolute atomic E-state index is 0.224. The Kier molecular flexibility index (Phi) is 8.43. The number of nitrogens with one attached hydrogen (secondary N) is 1. The largest absolute Gasteiger partial charge is 0.359 e. The zero-order valence-electron chi connectivity index (χ0n) is 13.6. The molecule has 0 heterocycles. The molecule has 1 radical (unpaired) electrons. The standard InChI is InChI=1S/C10H27Cl4N2Si4/c1-9(2)16(10(3)4)20(13,14)19(11,12)15-17(5)18(6,7)8/h9-10,15H,1-8H3. The number of hydrogen-bond donors (Lipinski definition) is 1. The zero-order valence-corrected chi connectivity index (χ0v) is 20.6. The van der Waals surface area contributed by atoms with E-state index in [2.05, 4.69) is 63.1 Å². The summed E-state index contributed by atoms with van der Waals surface area (Å²) in [5.74, 6) is 0. The second-order valence-corrected chi connectivity index (χ2v) is 39.0. The predicted molar refractivity (Wildman–Crippen MR) is 105 cm³/mol. The monoisotopic (exact) mass is 427 g/mol. The van der Waals surface area contributed by atoms with Gasteiger partial charge in [0, 0.05) is 0 Å². The topological polar surface area (TPSA) is 15.3 Å². The van der Waals surface area contributed by atoms with Gasteiger partial charge in [0.05, 0.1) is 7.59 Å². The Morgan fingerprint density at radius 1 is 0.900 bits per heavy atom. The van der Waals surface area contributed by atoms with Gasteiger partial charge in [-0.05, 0) is 12.1 Å². The highest BCUT2D eigenvalue weighted by atomic mass is 35.8. The third-order valence-electron chi connectivity index (χ3n) is 3.28. The normalized spacial score (nSPS) is 15.0. The van der Waals surface area contributed by atoms with Crippen molar-refractivity contribution in [1.29, 1.82) is 0 Å². The van der Waals surface area contributed by atoms with E-state index in [9.17, 15) is 0 Å². The van der Waals surface area contributed by atoms with E-state index in [-0.39, 0.29) is 12.1 Å². The molecule has 10 heteroatoms. The summed E-state index contributed by atoms with van der Waals surface area (Å²) < 4.78 is 5.64. The molecule has 0 aliphatic rings. The highest BCUT2D eigenvalue weighted by Gasteiger charge is 2.60. The molecule has 0 aromatic carbocycles. The molecule has 0 saturated carbocycles. The van der Waals surface area contributed by atoms with Gasteiger partial charge >= 0.3 is 12.7 Å². The lowest BCUT2D eigenvalue weighted by Gasteiger charge is -2.44. The van der Waals surface area contributed by atoms with Crippen molar-refractivity contribution < 1.29 is 0 Å². The maximum Gasteiger partial charge on any atom is 0.359 e. The average Bonchev–Trinajstić information content (AvgIpc) is 2.12. The fourth-order valence-corrected chi connectivity index (χ4v) is 29.9. The van der Waals surface area contributed by atoms with E-state index in [1.54, 1.807) is 0 Å². The second kappa shape index (κ2) is 7.68. The van der Waals surface area contributed by atoms with Gasteiger partial charge in [0.15, 0.2) is 0 Å². The average molecular weight is 429 g/mol. The first-order chi connectivity index (χ1) is 8.64. The van der Waals surface area contributed by atoms with Crippen LogP contribution < -0.4 is 4.65 Å². The van der Waals surface area contributed by atoms with E-state index in [0.717, 1.165) is 0 Å². The van der Waals surface area contributed by atoms with Crippen molar-refractivity contribution in [3.05, 3.63) is 0 Å². The Hall–Kier alpha value is 1.95. The number of halogens is 4. The summed E-state index contributed by atoms with van der Waals surface area (Å²) >= 11 is 27.0. The van der Waals surface area contributed by atoms with E-state index in [4.69, 9.17) is 44.3 Å². The lowest BCUT2D eigenvalue weighted by atomic mass is 10.3. The van der Waals surface area contributed by atoms with Gasteiger partial charge in [0.2, 0.25) is 0 Å². The molecule has 2 nitrogen and oxygen atoms in total. The number of hydrogen-bond acceptors (Lipinski definition) is 2. The maximum absolute atomic E-state index is 6.78. The molecule has 0 aromatic rings. The fraction of sp³-hybridized carbons (Fsp3) is 1.00. The van der Waals surface area contributed by atoms with Crippen LogP contribution in [-0.2, 0) is 0 Å². The second-order valence-electron chi connectivity index (χ2n) is 6.71. The van der Waals surface area contributed by atoms with Crippen LogP contribution in [0.3, 0.4) is 0 Å². The lowest BCUT2D eigenvalue weighted by molar-refractivity contribution is 0.310. The van der Waals surface area contributed by atoms with Gasteiger partial charge in [-0.25, -0.2) is 0 Å². The summed E-state index contributed by atoms with van der Waals surface area (Å²) in [7, 11) is -2.10. The van der Waals surface area contributed by atoms with Crippen molar-refractivity contribution in [1.82, 2.24) is 9.21 Å². The molecule has 0 rings (SSSR count). The summed E-state index contributed by atoms with van der Waals surface area (Å²) in [4.78, 5) is 0. The van der Waals surface area contributed by atoms with E-state index in [1.807, 2.05) is 0 Å². The van der Waals surface area contributed by atoms with Crippen LogP contribution in [0.4, 0.5) is 0 Å². The van der Waals surface area contributed by atoms with Crippen LogP contribution in [0.2, 0.25) is 26.2 Å². The predicted octanol–water partition coefficient (Wildman–Crippen LogP) is 4.64. The summed E-state index contributed by atoms with van der Waals surface area (Å²) in [6.07, 6.45) is -5.87. The van der Waals surface area contributed by atoms with Gasteiger partial charge in [0.1, 0.15) is 8.48 Å². The molecule has 1 N–H and O–H groups in total. The first-order valence-electron chi connectivity index (χ1n) is 6.81. The summed E-state index contributed by atoms with van der Waals surface area (Å²) in [5.41, 5.74) is 0. The van der Waals surface area contributed by atoms with Crippen molar-refractivity contribution in [2.24, 2.45) is 0 Å².